The maximum absolute atomic E-state index is 13.1. The summed E-state index contributed by atoms with van der Waals surface area (Å²) in [6, 6.07) is 13.3. The molecule has 29 heavy (non-hydrogen) atoms. The highest BCUT2D eigenvalue weighted by molar-refractivity contribution is 6.04. The van der Waals surface area contributed by atoms with Gasteiger partial charge < -0.3 is 15.3 Å². The SMILES string of the molecule is CC1CC(C)CN(C(=O)c2ccccc2NC(=O)Cc2cccc(C(=O)O)c2)C1. The average Bonchev–Trinajstić information content (AvgIpc) is 2.67. The molecule has 0 spiro atoms. The van der Waals surface area contributed by atoms with Crippen LogP contribution in [0.1, 0.15) is 46.5 Å². The molecular weight excluding hydrogens is 368 g/mol. The number of aromatic carboxylic acids is 1. The minimum Gasteiger partial charge on any atom is -0.478 e. The van der Waals surface area contributed by atoms with Crippen LogP contribution in [0, 0.1) is 11.8 Å². The van der Waals surface area contributed by atoms with Crippen LogP contribution in [0.5, 0.6) is 0 Å². The fourth-order valence-corrected chi connectivity index (χ4v) is 3.97. The number of anilines is 1. The van der Waals surface area contributed by atoms with Crippen molar-refractivity contribution in [1.29, 1.82) is 0 Å². The Kier molecular flexibility index (Phi) is 6.32. The predicted molar refractivity (Wildman–Crippen MR) is 111 cm³/mol. The van der Waals surface area contributed by atoms with Crippen LogP contribution in [0.3, 0.4) is 0 Å². The average molecular weight is 394 g/mol. The topological polar surface area (TPSA) is 86.7 Å². The van der Waals surface area contributed by atoms with Crippen LogP contribution in [0.4, 0.5) is 5.69 Å². The summed E-state index contributed by atoms with van der Waals surface area (Å²) < 4.78 is 0. The molecule has 6 heteroatoms. The Hall–Kier alpha value is -3.15. The number of carboxylic acids is 1. The molecule has 0 bridgehead atoms. The molecular formula is C23H26N2O4. The van der Waals surface area contributed by atoms with Crippen molar-refractivity contribution < 1.29 is 19.5 Å². The molecule has 1 aliphatic heterocycles. The number of benzene rings is 2. The second-order valence-corrected chi connectivity index (χ2v) is 7.93. The second-order valence-electron chi connectivity index (χ2n) is 7.93. The fourth-order valence-electron chi connectivity index (χ4n) is 3.97. The lowest BCUT2D eigenvalue weighted by molar-refractivity contribution is -0.115. The third-order valence-corrected chi connectivity index (χ3v) is 5.13. The van der Waals surface area contributed by atoms with Gasteiger partial charge in [-0.3, -0.25) is 9.59 Å². The van der Waals surface area contributed by atoms with Gasteiger partial charge in [-0.25, -0.2) is 4.79 Å². The first-order chi connectivity index (χ1) is 13.8. The van der Waals surface area contributed by atoms with Crippen molar-refractivity contribution in [3.8, 4) is 0 Å². The van der Waals surface area contributed by atoms with Gasteiger partial charge in [0, 0.05) is 13.1 Å². The zero-order chi connectivity index (χ0) is 21.0. The van der Waals surface area contributed by atoms with Crippen molar-refractivity contribution in [1.82, 2.24) is 4.90 Å². The minimum absolute atomic E-state index is 0.0292. The molecule has 2 aromatic rings. The van der Waals surface area contributed by atoms with Crippen molar-refractivity contribution >= 4 is 23.5 Å². The number of carbonyl (C=O) groups is 3. The highest BCUT2D eigenvalue weighted by Crippen LogP contribution is 2.25. The summed E-state index contributed by atoms with van der Waals surface area (Å²) in [7, 11) is 0. The number of likely N-dealkylation sites (tertiary alicyclic amines) is 1. The zero-order valence-electron chi connectivity index (χ0n) is 16.7. The molecule has 2 aromatic carbocycles. The van der Waals surface area contributed by atoms with Gasteiger partial charge in [-0.2, -0.15) is 0 Å². The van der Waals surface area contributed by atoms with Gasteiger partial charge in [-0.15, -0.1) is 0 Å². The molecule has 1 fully saturated rings. The largest absolute Gasteiger partial charge is 0.478 e. The molecule has 0 radical (unpaired) electrons. The Morgan fingerprint density at radius 3 is 2.41 bits per heavy atom. The zero-order valence-corrected chi connectivity index (χ0v) is 16.7. The number of nitrogens with one attached hydrogen (secondary N) is 1. The van der Waals surface area contributed by atoms with E-state index in [-0.39, 0.29) is 23.8 Å². The maximum atomic E-state index is 13.1. The third kappa shape index (κ3) is 5.22. The number of carboxylic acid groups (broad SMARTS) is 1. The number of para-hydroxylation sites is 1. The lowest BCUT2D eigenvalue weighted by Crippen LogP contribution is -2.42. The smallest absolute Gasteiger partial charge is 0.335 e. The summed E-state index contributed by atoms with van der Waals surface area (Å²) in [5.41, 5.74) is 1.69. The Balaban J connectivity index is 1.73. The van der Waals surface area contributed by atoms with E-state index in [4.69, 9.17) is 5.11 Å². The van der Waals surface area contributed by atoms with E-state index < -0.39 is 5.97 Å². The number of nitrogens with zero attached hydrogens (tertiary/aromatic N) is 1. The van der Waals surface area contributed by atoms with E-state index in [0.29, 0.717) is 41.7 Å². The van der Waals surface area contributed by atoms with E-state index >= 15 is 0 Å². The Bertz CT molecular complexity index is 915. The Morgan fingerprint density at radius 1 is 1.03 bits per heavy atom. The van der Waals surface area contributed by atoms with Crippen LogP contribution in [0.25, 0.3) is 0 Å². The highest BCUT2D eigenvalue weighted by atomic mass is 16.4. The monoisotopic (exact) mass is 394 g/mol. The van der Waals surface area contributed by atoms with Gasteiger partial charge >= 0.3 is 5.97 Å². The normalized spacial score (nSPS) is 18.9. The molecule has 2 atom stereocenters. The van der Waals surface area contributed by atoms with E-state index in [1.54, 1.807) is 36.4 Å². The van der Waals surface area contributed by atoms with E-state index in [0.717, 1.165) is 6.42 Å². The molecule has 6 nitrogen and oxygen atoms in total. The molecule has 2 N–H and O–H groups in total. The lowest BCUT2D eigenvalue weighted by Gasteiger charge is -2.35. The number of carbonyl (C=O) groups excluding carboxylic acids is 2. The summed E-state index contributed by atoms with van der Waals surface area (Å²) >= 11 is 0. The molecule has 2 unspecified atom stereocenters. The summed E-state index contributed by atoms with van der Waals surface area (Å²) in [6.07, 6.45) is 1.14. The predicted octanol–water partition coefficient (Wildman–Crippen LogP) is 3.68. The van der Waals surface area contributed by atoms with Crippen molar-refractivity contribution in [3.05, 3.63) is 65.2 Å². The van der Waals surface area contributed by atoms with Crippen LogP contribution in [-0.4, -0.2) is 40.9 Å². The first-order valence-electron chi connectivity index (χ1n) is 9.84. The van der Waals surface area contributed by atoms with Crippen LogP contribution >= 0.6 is 0 Å². The molecule has 1 saturated heterocycles. The van der Waals surface area contributed by atoms with Crippen molar-refractivity contribution in [2.75, 3.05) is 18.4 Å². The van der Waals surface area contributed by atoms with Gasteiger partial charge in [0.05, 0.1) is 23.2 Å². The molecule has 152 valence electrons. The van der Waals surface area contributed by atoms with E-state index in [1.807, 2.05) is 4.90 Å². The Labute approximate surface area is 170 Å². The lowest BCUT2D eigenvalue weighted by atomic mass is 9.91. The molecule has 0 saturated carbocycles. The van der Waals surface area contributed by atoms with E-state index in [1.165, 1.54) is 12.1 Å². The molecule has 3 rings (SSSR count). The van der Waals surface area contributed by atoms with Crippen LogP contribution in [0.2, 0.25) is 0 Å². The standard InChI is InChI=1S/C23H26N2O4/c1-15-10-16(2)14-25(13-15)22(27)19-8-3-4-9-20(19)24-21(26)12-17-6-5-7-18(11-17)23(28)29/h3-9,11,15-16H,10,12-14H2,1-2H3,(H,24,26)(H,28,29). The van der Waals surface area contributed by atoms with E-state index in [2.05, 4.69) is 19.2 Å². The third-order valence-electron chi connectivity index (χ3n) is 5.13. The summed E-state index contributed by atoms with van der Waals surface area (Å²) in [6.45, 7) is 5.73. The molecule has 1 heterocycles. The van der Waals surface area contributed by atoms with Crippen molar-refractivity contribution in [3.63, 3.8) is 0 Å². The molecule has 0 aromatic heterocycles. The van der Waals surface area contributed by atoms with Crippen LogP contribution in [0.15, 0.2) is 48.5 Å². The molecule has 0 aliphatic carbocycles. The number of hydrogen-bond donors (Lipinski definition) is 2. The first-order valence-corrected chi connectivity index (χ1v) is 9.84. The van der Waals surface area contributed by atoms with Gasteiger partial charge in [0.25, 0.3) is 5.91 Å². The van der Waals surface area contributed by atoms with Gasteiger partial charge in [-0.1, -0.05) is 38.1 Å². The molecule has 2 amide bonds. The number of hydrogen-bond acceptors (Lipinski definition) is 3. The molecule has 1 aliphatic rings. The summed E-state index contributed by atoms with van der Waals surface area (Å²) in [5.74, 6) is -0.509. The van der Waals surface area contributed by atoms with Gasteiger partial charge in [0.2, 0.25) is 5.91 Å². The van der Waals surface area contributed by atoms with Gasteiger partial charge in [0.1, 0.15) is 0 Å². The number of rotatable bonds is 5. The summed E-state index contributed by atoms with van der Waals surface area (Å²) in [5, 5.41) is 11.9. The summed E-state index contributed by atoms with van der Waals surface area (Å²) in [4.78, 5) is 38.6. The van der Waals surface area contributed by atoms with Crippen molar-refractivity contribution in [2.24, 2.45) is 11.8 Å². The van der Waals surface area contributed by atoms with Crippen LogP contribution < -0.4 is 5.32 Å². The first kappa shape index (κ1) is 20.6. The maximum Gasteiger partial charge on any atom is 0.335 e. The number of amides is 2. The quantitative estimate of drug-likeness (QED) is 0.810. The van der Waals surface area contributed by atoms with Crippen LogP contribution in [-0.2, 0) is 11.2 Å². The second kappa shape index (κ2) is 8.90. The van der Waals surface area contributed by atoms with Gasteiger partial charge in [-0.05, 0) is 48.1 Å². The van der Waals surface area contributed by atoms with Crippen molar-refractivity contribution in [2.45, 2.75) is 26.7 Å². The van der Waals surface area contributed by atoms with E-state index in [9.17, 15) is 14.4 Å². The Morgan fingerprint density at radius 2 is 1.72 bits per heavy atom. The fraction of sp³-hybridized carbons (Fsp3) is 0.348. The van der Waals surface area contributed by atoms with Gasteiger partial charge in [0.15, 0.2) is 0 Å². The highest BCUT2D eigenvalue weighted by Gasteiger charge is 2.27. The minimum atomic E-state index is -1.03. The number of piperidine rings is 1.